The predicted molar refractivity (Wildman–Crippen MR) is 86.8 cm³/mol. The summed E-state index contributed by atoms with van der Waals surface area (Å²) in [5.41, 5.74) is 2.67. The number of imidazole rings is 1. The molecule has 0 radical (unpaired) electrons. The number of aryl methyl sites for hydroxylation is 1. The number of H-pyrrole nitrogens is 1. The minimum Gasteiger partial charge on any atom is -0.484 e. The van der Waals surface area contributed by atoms with Crippen LogP contribution in [0.1, 0.15) is 19.7 Å². The molecule has 22 heavy (non-hydrogen) atoms. The summed E-state index contributed by atoms with van der Waals surface area (Å²) in [6.07, 6.45) is 1.82. The lowest BCUT2D eigenvalue weighted by Gasteiger charge is -2.40. The van der Waals surface area contributed by atoms with Crippen LogP contribution in [0.2, 0.25) is 0 Å². The minimum atomic E-state index is -0.288. The minimum absolute atomic E-state index is 0.288. The third-order valence-electron chi connectivity index (χ3n) is 3.82. The number of rotatable bonds is 1. The highest BCUT2D eigenvalue weighted by Crippen LogP contribution is 2.42. The van der Waals surface area contributed by atoms with Crippen LogP contribution >= 0.6 is 0 Å². The molecular weight excluding hydrogens is 276 g/mol. The Balaban J connectivity index is 1.93. The maximum atomic E-state index is 6.17. The molecule has 3 aromatic rings. The van der Waals surface area contributed by atoms with Gasteiger partial charge >= 0.3 is 0 Å². The van der Waals surface area contributed by atoms with E-state index in [9.17, 15) is 0 Å². The third-order valence-corrected chi connectivity index (χ3v) is 3.82. The van der Waals surface area contributed by atoms with Gasteiger partial charge in [-0.1, -0.05) is 6.07 Å². The van der Waals surface area contributed by atoms with E-state index in [0.717, 1.165) is 40.7 Å². The normalized spacial score (nSPS) is 16.4. The molecule has 2 aromatic heterocycles. The van der Waals surface area contributed by atoms with Crippen LogP contribution in [0.5, 0.6) is 5.75 Å². The molecule has 0 saturated carbocycles. The number of hydrogen-bond donors (Lipinski definition) is 1. The van der Waals surface area contributed by atoms with Gasteiger partial charge in [0.15, 0.2) is 0 Å². The van der Waals surface area contributed by atoms with Crippen molar-refractivity contribution < 1.29 is 4.74 Å². The Labute approximate surface area is 129 Å². The van der Waals surface area contributed by atoms with Crippen LogP contribution in [0.25, 0.3) is 11.0 Å². The fourth-order valence-corrected chi connectivity index (χ4v) is 2.96. The molecule has 1 aromatic carbocycles. The number of anilines is 2. The van der Waals surface area contributed by atoms with Gasteiger partial charge in [0.1, 0.15) is 23.0 Å². The van der Waals surface area contributed by atoms with E-state index in [4.69, 9.17) is 4.74 Å². The van der Waals surface area contributed by atoms with Crippen molar-refractivity contribution in [2.24, 2.45) is 0 Å². The van der Waals surface area contributed by atoms with Crippen molar-refractivity contribution in [1.82, 2.24) is 15.0 Å². The molecule has 4 rings (SSSR count). The number of pyridine rings is 1. The number of aromatic amines is 1. The van der Waals surface area contributed by atoms with Gasteiger partial charge < -0.3 is 14.6 Å². The maximum absolute atomic E-state index is 6.17. The van der Waals surface area contributed by atoms with Gasteiger partial charge in [0.25, 0.3) is 0 Å². The van der Waals surface area contributed by atoms with Crippen LogP contribution in [0.4, 0.5) is 11.5 Å². The number of hydrogen-bond acceptors (Lipinski definition) is 4. The molecule has 0 saturated heterocycles. The van der Waals surface area contributed by atoms with Crippen molar-refractivity contribution in [3.05, 3.63) is 42.4 Å². The van der Waals surface area contributed by atoms with E-state index in [1.807, 2.05) is 37.4 Å². The van der Waals surface area contributed by atoms with Crippen molar-refractivity contribution in [3.63, 3.8) is 0 Å². The molecule has 3 heterocycles. The first-order valence-electron chi connectivity index (χ1n) is 7.40. The van der Waals surface area contributed by atoms with Crippen molar-refractivity contribution in [3.8, 4) is 5.75 Å². The molecule has 1 aliphatic heterocycles. The van der Waals surface area contributed by atoms with Crippen molar-refractivity contribution >= 4 is 22.5 Å². The van der Waals surface area contributed by atoms with Crippen LogP contribution in [0, 0.1) is 6.92 Å². The molecule has 5 nitrogen and oxygen atoms in total. The van der Waals surface area contributed by atoms with Crippen LogP contribution < -0.4 is 9.64 Å². The molecule has 1 aliphatic rings. The SMILES string of the molecule is Cc1nc2cc3c(cc2[nH]1)N(c1ccccn1)CC(C)(C)O3. The Morgan fingerprint density at radius 1 is 1.27 bits per heavy atom. The second-order valence-corrected chi connectivity index (χ2v) is 6.30. The average molecular weight is 294 g/mol. The second-order valence-electron chi connectivity index (χ2n) is 6.30. The molecule has 0 bridgehead atoms. The van der Waals surface area contributed by atoms with Gasteiger partial charge in [0.05, 0.1) is 23.3 Å². The lowest BCUT2D eigenvalue weighted by molar-refractivity contribution is 0.109. The van der Waals surface area contributed by atoms with Gasteiger partial charge in [0, 0.05) is 12.3 Å². The summed E-state index contributed by atoms with van der Waals surface area (Å²) in [6.45, 7) is 6.88. The Kier molecular flexibility index (Phi) is 2.66. The molecule has 0 spiro atoms. The summed E-state index contributed by atoms with van der Waals surface area (Å²) in [7, 11) is 0. The van der Waals surface area contributed by atoms with Gasteiger partial charge in [-0.3, -0.25) is 0 Å². The van der Waals surface area contributed by atoms with E-state index >= 15 is 0 Å². The van der Waals surface area contributed by atoms with Crippen molar-refractivity contribution in [1.29, 1.82) is 0 Å². The van der Waals surface area contributed by atoms with Gasteiger partial charge in [-0.15, -0.1) is 0 Å². The van der Waals surface area contributed by atoms with E-state index in [1.165, 1.54) is 0 Å². The number of nitrogens with zero attached hydrogens (tertiary/aromatic N) is 3. The van der Waals surface area contributed by atoms with Crippen LogP contribution in [-0.2, 0) is 0 Å². The van der Waals surface area contributed by atoms with E-state index in [2.05, 4.69) is 39.8 Å². The van der Waals surface area contributed by atoms with E-state index in [1.54, 1.807) is 0 Å². The standard InChI is InChI=1S/C17H18N4O/c1-11-19-12-8-14-15(9-13(12)20-11)22-17(2,3)10-21(14)16-6-4-5-7-18-16/h4-9H,10H2,1-3H3,(H,19,20). The lowest BCUT2D eigenvalue weighted by atomic mass is 10.0. The number of ether oxygens (including phenoxy) is 1. The Bertz CT molecular complexity index is 838. The summed E-state index contributed by atoms with van der Waals surface area (Å²) >= 11 is 0. The third kappa shape index (κ3) is 2.09. The topological polar surface area (TPSA) is 54.0 Å². The lowest BCUT2D eigenvalue weighted by Crippen LogP contribution is -2.45. The summed E-state index contributed by atoms with van der Waals surface area (Å²) in [6, 6.07) is 10.0. The first kappa shape index (κ1) is 13.1. The molecular formula is C17H18N4O. The van der Waals surface area contributed by atoms with E-state index in [0.29, 0.717) is 0 Å². The maximum Gasteiger partial charge on any atom is 0.146 e. The molecule has 0 fully saturated rings. The first-order chi connectivity index (χ1) is 10.5. The number of fused-ring (bicyclic) bond motifs is 2. The molecule has 0 amide bonds. The van der Waals surface area contributed by atoms with Crippen molar-refractivity contribution in [2.45, 2.75) is 26.4 Å². The summed E-state index contributed by atoms with van der Waals surface area (Å²) < 4.78 is 6.17. The van der Waals surface area contributed by atoms with E-state index in [-0.39, 0.29) is 5.60 Å². The van der Waals surface area contributed by atoms with Crippen LogP contribution in [-0.4, -0.2) is 27.1 Å². The highest BCUT2D eigenvalue weighted by Gasteiger charge is 2.33. The average Bonchev–Trinajstić information content (AvgIpc) is 2.83. The van der Waals surface area contributed by atoms with Crippen molar-refractivity contribution in [2.75, 3.05) is 11.4 Å². The summed E-state index contributed by atoms with van der Waals surface area (Å²) in [5.74, 6) is 2.68. The molecule has 0 aliphatic carbocycles. The summed E-state index contributed by atoms with van der Waals surface area (Å²) in [5, 5.41) is 0. The zero-order valence-electron chi connectivity index (χ0n) is 12.9. The molecule has 1 N–H and O–H groups in total. The Morgan fingerprint density at radius 3 is 2.91 bits per heavy atom. The van der Waals surface area contributed by atoms with E-state index < -0.39 is 0 Å². The fraction of sp³-hybridized carbons (Fsp3) is 0.294. The molecule has 112 valence electrons. The molecule has 0 unspecified atom stereocenters. The number of aromatic nitrogens is 3. The van der Waals surface area contributed by atoms with Gasteiger partial charge in [-0.2, -0.15) is 0 Å². The monoisotopic (exact) mass is 294 g/mol. The second kappa shape index (κ2) is 4.47. The molecule has 5 heteroatoms. The number of nitrogens with one attached hydrogen (secondary N) is 1. The summed E-state index contributed by atoms with van der Waals surface area (Å²) in [4.78, 5) is 14.5. The molecule has 0 atom stereocenters. The fourth-order valence-electron chi connectivity index (χ4n) is 2.96. The first-order valence-corrected chi connectivity index (χ1v) is 7.40. The largest absolute Gasteiger partial charge is 0.484 e. The zero-order chi connectivity index (χ0) is 15.3. The smallest absolute Gasteiger partial charge is 0.146 e. The van der Waals surface area contributed by atoms with Crippen LogP contribution in [0.15, 0.2) is 36.5 Å². The van der Waals surface area contributed by atoms with Crippen LogP contribution in [0.3, 0.4) is 0 Å². The zero-order valence-corrected chi connectivity index (χ0v) is 12.9. The highest BCUT2D eigenvalue weighted by molar-refractivity contribution is 5.86. The Morgan fingerprint density at radius 2 is 2.14 bits per heavy atom. The van der Waals surface area contributed by atoms with Gasteiger partial charge in [0.2, 0.25) is 0 Å². The highest BCUT2D eigenvalue weighted by atomic mass is 16.5. The van der Waals surface area contributed by atoms with Gasteiger partial charge in [-0.25, -0.2) is 9.97 Å². The number of benzene rings is 1. The quantitative estimate of drug-likeness (QED) is 0.745. The van der Waals surface area contributed by atoms with Gasteiger partial charge in [-0.05, 0) is 39.0 Å². The Hall–Kier alpha value is -2.56. The predicted octanol–water partition coefficient (Wildman–Crippen LogP) is 3.58.